The summed E-state index contributed by atoms with van der Waals surface area (Å²) in [5, 5.41) is 3.13. The number of hydrogen-bond acceptors (Lipinski definition) is 4. The lowest BCUT2D eigenvalue weighted by Crippen LogP contribution is -2.82. The third-order valence-corrected chi connectivity index (χ3v) is 6.31. The molecule has 168 valence electrons. The Morgan fingerprint density at radius 3 is 2.44 bits per heavy atom. The van der Waals surface area contributed by atoms with Crippen LogP contribution in [0, 0.1) is 5.82 Å². The molecule has 1 N–H and O–H groups in total. The molecule has 2 aliphatic heterocycles. The van der Waals surface area contributed by atoms with Crippen LogP contribution in [0.25, 0.3) is 0 Å². The van der Waals surface area contributed by atoms with Crippen LogP contribution in [-0.4, -0.2) is 64.9 Å². The summed E-state index contributed by atoms with van der Waals surface area (Å²) >= 11 is 11.8. The van der Waals surface area contributed by atoms with Crippen molar-refractivity contribution in [2.75, 3.05) is 31.6 Å². The number of piperazine rings is 1. The third kappa shape index (κ3) is 3.55. The summed E-state index contributed by atoms with van der Waals surface area (Å²) in [6, 6.07) is 7.14. The van der Waals surface area contributed by atoms with Gasteiger partial charge in [-0.1, -0.05) is 35.3 Å². The van der Waals surface area contributed by atoms with Gasteiger partial charge in [0, 0.05) is 18.3 Å². The number of anilines is 1. The monoisotopic (exact) mass is 479 g/mol. The number of benzene rings is 1. The molecule has 4 amide bonds. The number of rotatable bonds is 3. The van der Waals surface area contributed by atoms with Gasteiger partial charge in [-0.3, -0.25) is 14.5 Å². The number of carbonyl (C=O) groups excluding carboxylic acids is 3. The predicted molar refractivity (Wildman–Crippen MR) is 117 cm³/mol. The number of aromatic nitrogens is 1. The first-order valence-corrected chi connectivity index (χ1v) is 10.6. The van der Waals surface area contributed by atoms with E-state index < -0.39 is 23.3 Å². The van der Waals surface area contributed by atoms with Crippen LogP contribution in [0.2, 0.25) is 10.0 Å². The first-order chi connectivity index (χ1) is 15.2. The van der Waals surface area contributed by atoms with E-state index in [1.54, 1.807) is 31.2 Å². The number of amides is 4. The first-order valence-electron chi connectivity index (χ1n) is 9.85. The molecular weight excluding hydrogens is 460 g/mol. The summed E-state index contributed by atoms with van der Waals surface area (Å²) in [4.78, 5) is 47.0. The second-order valence-corrected chi connectivity index (χ2v) is 8.66. The highest BCUT2D eigenvalue weighted by Crippen LogP contribution is 2.41. The molecule has 11 heteroatoms. The zero-order valence-corrected chi connectivity index (χ0v) is 18.8. The summed E-state index contributed by atoms with van der Waals surface area (Å²) in [7, 11) is 1.48. The zero-order valence-electron chi connectivity index (χ0n) is 17.3. The fourth-order valence-electron chi connectivity index (χ4n) is 4.30. The number of nitrogens with one attached hydrogen (secondary N) is 1. The van der Waals surface area contributed by atoms with Crippen molar-refractivity contribution in [1.29, 1.82) is 0 Å². The standard InChI is InChI=1S/C21H20Cl2FN5O3/c1-12(13-3-5-14(22)6-4-13)29-17(30)9-28(18-16(24)7-15(23)8-26-18)19(31)21(29)10-27(11-21)20(32)25-2/h3-8,12H,9-11H2,1-2H3,(H,25,32). The number of likely N-dealkylation sites (tertiary alicyclic amines) is 1. The highest BCUT2D eigenvalue weighted by Gasteiger charge is 2.62. The van der Waals surface area contributed by atoms with Gasteiger partial charge in [0.15, 0.2) is 17.2 Å². The minimum absolute atomic E-state index is 0.0269. The molecule has 0 saturated carbocycles. The first kappa shape index (κ1) is 22.3. The lowest BCUT2D eigenvalue weighted by Gasteiger charge is -2.59. The third-order valence-electron chi connectivity index (χ3n) is 5.86. The summed E-state index contributed by atoms with van der Waals surface area (Å²) in [6.45, 7) is 1.36. The minimum atomic E-state index is -1.35. The van der Waals surface area contributed by atoms with Crippen LogP contribution in [-0.2, 0) is 9.59 Å². The fourth-order valence-corrected chi connectivity index (χ4v) is 4.58. The van der Waals surface area contributed by atoms with Crippen LogP contribution in [0.4, 0.5) is 15.0 Å². The topological polar surface area (TPSA) is 85.9 Å². The Labute approximate surface area is 193 Å². The number of carbonyl (C=O) groups is 3. The van der Waals surface area contributed by atoms with Gasteiger partial charge < -0.3 is 15.1 Å². The Morgan fingerprint density at radius 1 is 1.19 bits per heavy atom. The van der Waals surface area contributed by atoms with E-state index in [9.17, 15) is 18.8 Å². The highest BCUT2D eigenvalue weighted by molar-refractivity contribution is 6.30. The molecule has 32 heavy (non-hydrogen) atoms. The molecule has 1 aromatic carbocycles. The summed E-state index contributed by atoms with van der Waals surface area (Å²) in [5.41, 5.74) is -0.577. The molecule has 2 aromatic rings. The highest BCUT2D eigenvalue weighted by atomic mass is 35.5. The maximum atomic E-state index is 14.6. The van der Waals surface area contributed by atoms with Gasteiger partial charge in [-0.05, 0) is 30.7 Å². The molecule has 2 fully saturated rings. The van der Waals surface area contributed by atoms with E-state index >= 15 is 0 Å². The van der Waals surface area contributed by atoms with Crippen LogP contribution in [0.15, 0.2) is 36.5 Å². The summed E-state index contributed by atoms with van der Waals surface area (Å²) in [5.74, 6) is -1.98. The Hall–Kier alpha value is -2.91. The zero-order chi connectivity index (χ0) is 23.2. The summed E-state index contributed by atoms with van der Waals surface area (Å²) < 4.78 is 14.6. The average molecular weight is 480 g/mol. The van der Waals surface area contributed by atoms with Gasteiger partial charge in [0.25, 0.3) is 5.91 Å². The fraction of sp³-hybridized carbons (Fsp3) is 0.333. The van der Waals surface area contributed by atoms with E-state index in [0.717, 1.165) is 16.5 Å². The molecule has 0 radical (unpaired) electrons. The van der Waals surface area contributed by atoms with Gasteiger partial charge in [-0.2, -0.15) is 0 Å². The molecule has 4 rings (SSSR count). The molecule has 2 aliphatic rings. The second kappa shape index (κ2) is 8.22. The maximum absolute atomic E-state index is 14.6. The van der Waals surface area contributed by atoms with Gasteiger partial charge in [0.2, 0.25) is 5.91 Å². The van der Waals surface area contributed by atoms with Crippen molar-refractivity contribution in [1.82, 2.24) is 20.1 Å². The molecule has 1 aromatic heterocycles. The van der Waals surface area contributed by atoms with Crippen molar-refractivity contribution in [2.45, 2.75) is 18.5 Å². The Kier molecular flexibility index (Phi) is 5.72. The van der Waals surface area contributed by atoms with Crippen molar-refractivity contribution in [3.63, 3.8) is 0 Å². The van der Waals surface area contributed by atoms with Crippen molar-refractivity contribution in [3.8, 4) is 0 Å². The predicted octanol–water partition coefficient (Wildman–Crippen LogP) is 2.86. The Balaban J connectivity index is 1.74. The molecular formula is C21H20Cl2FN5O3. The quantitative estimate of drug-likeness (QED) is 0.733. The summed E-state index contributed by atoms with van der Waals surface area (Å²) in [6.07, 6.45) is 1.21. The van der Waals surface area contributed by atoms with Crippen molar-refractivity contribution in [2.24, 2.45) is 0 Å². The lowest BCUT2D eigenvalue weighted by atomic mass is 9.82. The lowest BCUT2D eigenvalue weighted by molar-refractivity contribution is -0.164. The van der Waals surface area contributed by atoms with Crippen molar-refractivity contribution in [3.05, 3.63) is 58.0 Å². The number of hydrogen-bond donors (Lipinski definition) is 1. The molecule has 3 heterocycles. The van der Waals surface area contributed by atoms with Gasteiger partial charge in [0.1, 0.15) is 6.54 Å². The smallest absolute Gasteiger partial charge is 0.317 e. The Bertz CT molecular complexity index is 1090. The van der Waals surface area contributed by atoms with Crippen LogP contribution in [0.1, 0.15) is 18.5 Å². The van der Waals surface area contributed by atoms with E-state index in [0.29, 0.717) is 5.02 Å². The molecule has 2 saturated heterocycles. The maximum Gasteiger partial charge on any atom is 0.317 e. The van der Waals surface area contributed by atoms with Crippen LogP contribution >= 0.6 is 23.2 Å². The van der Waals surface area contributed by atoms with Gasteiger partial charge in [-0.15, -0.1) is 0 Å². The number of pyridine rings is 1. The van der Waals surface area contributed by atoms with Gasteiger partial charge >= 0.3 is 6.03 Å². The largest absolute Gasteiger partial charge is 0.341 e. The average Bonchev–Trinajstić information content (AvgIpc) is 2.73. The molecule has 0 bridgehead atoms. The Morgan fingerprint density at radius 2 is 1.84 bits per heavy atom. The number of urea groups is 1. The van der Waals surface area contributed by atoms with E-state index in [4.69, 9.17) is 23.2 Å². The number of halogens is 3. The minimum Gasteiger partial charge on any atom is -0.341 e. The van der Waals surface area contributed by atoms with E-state index in [1.807, 2.05) is 0 Å². The molecule has 0 aliphatic carbocycles. The van der Waals surface area contributed by atoms with Crippen LogP contribution in [0.5, 0.6) is 0 Å². The van der Waals surface area contributed by atoms with E-state index in [-0.39, 0.29) is 42.4 Å². The van der Waals surface area contributed by atoms with Crippen LogP contribution < -0.4 is 10.2 Å². The molecule has 1 spiro atoms. The van der Waals surface area contributed by atoms with Crippen molar-refractivity contribution < 1.29 is 18.8 Å². The van der Waals surface area contributed by atoms with Crippen LogP contribution in [0.3, 0.4) is 0 Å². The molecule has 1 unspecified atom stereocenters. The van der Waals surface area contributed by atoms with Gasteiger partial charge in [-0.25, -0.2) is 14.2 Å². The van der Waals surface area contributed by atoms with Gasteiger partial charge in [0.05, 0.1) is 24.2 Å². The molecule has 1 atom stereocenters. The van der Waals surface area contributed by atoms with E-state index in [2.05, 4.69) is 10.3 Å². The SMILES string of the molecule is CNC(=O)N1CC2(C1)C(=O)N(c1ncc(Cl)cc1F)CC(=O)N2C(C)c1ccc(Cl)cc1. The van der Waals surface area contributed by atoms with Crippen molar-refractivity contribution >= 4 is 46.9 Å². The molecule has 8 nitrogen and oxygen atoms in total. The normalized spacial score (nSPS) is 18.6. The second-order valence-electron chi connectivity index (χ2n) is 7.78. The van der Waals surface area contributed by atoms with E-state index in [1.165, 1.54) is 23.0 Å². The number of nitrogens with zero attached hydrogens (tertiary/aromatic N) is 4.